The first kappa shape index (κ1) is 10.3. The van der Waals surface area contributed by atoms with Gasteiger partial charge < -0.3 is 10.3 Å². The number of hydrogen-bond acceptors (Lipinski definition) is 3. The maximum atomic E-state index is 12.9. The Kier molecular flexibility index (Phi) is 2.35. The number of nitrogens with two attached hydrogens (primary N) is 1. The number of benzene rings is 1. The Labute approximate surface area is 98.4 Å². The molecule has 2 aromatic rings. The average Bonchev–Trinajstić information content (AvgIpc) is 3.05. The van der Waals surface area contributed by atoms with E-state index in [1.807, 2.05) is 0 Å². The molecule has 1 fully saturated rings. The fourth-order valence-corrected chi connectivity index (χ4v) is 1.99. The molecule has 4 heteroatoms. The van der Waals surface area contributed by atoms with Crippen molar-refractivity contribution in [3.63, 3.8) is 0 Å². The van der Waals surface area contributed by atoms with Gasteiger partial charge in [-0.15, -0.1) is 0 Å². The third-order valence-corrected chi connectivity index (χ3v) is 3.09. The summed E-state index contributed by atoms with van der Waals surface area (Å²) >= 11 is 0. The van der Waals surface area contributed by atoms with Crippen molar-refractivity contribution in [2.24, 2.45) is 5.92 Å². The maximum absolute atomic E-state index is 12.9. The molecule has 0 unspecified atom stereocenters. The minimum Gasteiger partial charge on any atom is -0.380 e. The molecule has 0 amide bonds. The molecular weight excluding hydrogens is 219 g/mol. The van der Waals surface area contributed by atoms with Gasteiger partial charge in [-0.05, 0) is 36.5 Å². The Morgan fingerprint density at radius 2 is 2.00 bits per heavy atom. The van der Waals surface area contributed by atoms with Crippen molar-refractivity contribution < 1.29 is 8.91 Å². The van der Waals surface area contributed by atoms with Gasteiger partial charge in [0.2, 0.25) is 0 Å². The number of nitrogen functional groups attached to an aromatic ring is 1. The van der Waals surface area contributed by atoms with Crippen LogP contribution in [0.15, 0.2) is 28.8 Å². The summed E-state index contributed by atoms with van der Waals surface area (Å²) in [5, 5.41) is 3.81. The quantitative estimate of drug-likeness (QED) is 0.884. The molecule has 1 aliphatic carbocycles. The van der Waals surface area contributed by atoms with E-state index in [4.69, 9.17) is 10.3 Å². The minimum absolute atomic E-state index is 0.257. The van der Waals surface area contributed by atoms with E-state index in [9.17, 15) is 4.39 Å². The monoisotopic (exact) mass is 232 g/mol. The zero-order valence-electron chi connectivity index (χ0n) is 9.32. The number of nitrogens with zero attached hydrogens (tertiary/aromatic N) is 1. The van der Waals surface area contributed by atoms with Crippen LogP contribution in [0.1, 0.15) is 18.6 Å². The highest BCUT2D eigenvalue weighted by Crippen LogP contribution is 2.37. The lowest BCUT2D eigenvalue weighted by atomic mass is 10.0. The molecule has 2 N–H and O–H groups in total. The second-order valence-electron chi connectivity index (χ2n) is 4.52. The van der Waals surface area contributed by atoms with E-state index >= 15 is 0 Å². The van der Waals surface area contributed by atoms with Crippen LogP contribution in [0.4, 0.5) is 10.2 Å². The predicted octanol–water partition coefficient (Wildman–Crippen LogP) is 3.02. The summed E-state index contributed by atoms with van der Waals surface area (Å²) in [5.41, 5.74) is 7.49. The molecule has 1 aromatic heterocycles. The normalized spacial score (nSPS) is 15.1. The zero-order chi connectivity index (χ0) is 11.8. The lowest BCUT2D eigenvalue weighted by Crippen LogP contribution is -1.92. The first-order valence-corrected chi connectivity index (χ1v) is 5.74. The Morgan fingerprint density at radius 3 is 2.65 bits per heavy atom. The molecule has 88 valence electrons. The second-order valence-corrected chi connectivity index (χ2v) is 4.52. The molecule has 17 heavy (non-hydrogen) atoms. The van der Waals surface area contributed by atoms with Gasteiger partial charge in [0.15, 0.2) is 5.82 Å². The molecule has 0 saturated heterocycles. The van der Waals surface area contributed by atoms with Gasteiger partial charge in [0, 0.05) is 6.42 Å². The third-order valence-electron chi connectivity index (χ3n) is 3.09. The summed E-state index contributed by atoms with van der Waals surface area (Å²) in [6.45, 7) is 0. The molecular formula is C13H13FN2O. The smallest absolute Gasteiger partial charge is 0.175 e. The molecule has 3 nitrogen and oxygen atoms in total. The van der Waals surface area contributed by atoms with Gasteiger partial charge in [-0.25, -0.2) is 4.39 Å². The fraction of sp³-hybridized carbons (Fsp3) is 0.308. The van der Waals surface area contributed by atoms with Gasteiger partial charge in [0.25, 0.3) is 0 Å². The first-order valence-electron chi connectivity index (χ1n) is 5.74. The molecule has 0 radical (unpaired) electrons. The fourth-order valence-electron chi connectivity index (χ4n) is 1.99. The van der Waals surface area contributed by atoms with Crippen molar-refractivity contribution in [3.8, 4) is 11.1 Å². The lowest BCUT2D eigenvalue weighted by molar-refractivity contribution is 0.381. The van der Waals surface area contributed by atoms with Gasteiger partial charge in [0.05, 0.1) is 5.56 Å². The summed E-state index contributed by atoms with van der Waals surface area (Å²) in [5.74, 6) is 1.64. The second kappa shape index (κ2) is 3.87. The number of aromatic nitrogens is 1. The Bertz CT molecular complexity index is 529. The highest BCUT2D eigenvalue weighted by molar-refractivity contribution is 5.75. The summed E-state index contributed by atoms with van der Waals surface area (Å²) in [4.78, 5) is 0. The summed E-state index contributed by atoms with van der Waals surface area (Å²) in [7, 11) is 0. The van der Waals surface area contributed by atoms with E-state index in [2.05, 4.69) is 5.16 Å². The van der Waals surface area contributed by atoms with Crippen LogP contribution in [0, 0.1) is 11.7 Å². The molecule has 1 aromatic carbocycles. The van der Waals surface area contributed by atoms with E-state index in [0.717, 1.165) is 23.3 Å². The van der Waals surface area contributed by atoms with Gasteiger partial charge in [-0.1, -0.05) is 17.3 Å². The molecule has 0 aliphatic heterocycles. The minimum atomic E-state index is -0.257. The van der Waals surface area contributed by atoms with Crippen molar-refractivity contribution in [2.45, 2.75) is 19.3 Å². The van der Waals surface area contributed by atoms with Crippen molar-refractivity contribution in [2.75, 3.05) is 5.73 Å². The van der Waals surface area contributed by atoms with Crippen molar-refractivity contribution >= 4 is 5.82 Å². The number of anilines is 1. The van der Waals surface area contributed by atoms with Crippen LogP contribution < -0.4 is 5.73 Å². The lowest BCUT2D eigenvalue weighted by Gasteiger charge is -2.01. The third kappa shape index (κ3) is 2.02. The Balaban J connectivity index is 1.99. The SMILES string of the molecule is Nc1noc(CC2CC2)c1-c1ccc(F)cc1. The van der Waals surface area contributed by atoms with Crippen LogP contribution in [0.2, 0.25) is 0 Å². The maximum Gasteiger partial charge on any atom is 0.175 e. The predicted molar refractivity (Wildman–Crippen MR) is 62.7 cm³/mol. The molecule has 1 heterocycles. The van der Waals surface area contributed by atoms with E-state index in [1.165, 1.54) is 25.0 Å². The van der Waals surface area contributed by atoms with Crippen molar-refractivity contribution in [1.82, 2.24) is 5.16 Å². The first-order chi connectivity index (χ1) is 8.24. The molecule has 1 saturated carbocycles. The highest BCUT2D eigenvalue weighted by Gasteiger charge is 2.26. The number of rotatable bonds is 3. The van der Waals surface area contributed by atoms with Gasteiger partial charge in [-0.3, -0.25) is 0 Å². The van der Waals surface area contributed by atoms with Crippen LogP contribution in [0.25, 0.3) is 11.1 Å². The molecule has 1 aliphatic rings. The Hall–Kier alpha value is -1.84. The topological polar surface area (TPSA) is 52.0 Å². The van der Waals surface area contributed by atoms with E-state index in [1.54, 1.807) is 12.1 Å². The number of hydrogen-bond donors (Lipinski definition) is 1. The standard InChI is InChI=1S/C13H13FN2O/c14-10-5-3-9(4-6-10)12-11(7-8-1-2-8)17-16-13(12)15/h3-6,8H,1-2,7H2,(H2,15,16). The molecule has 0 bridgehead atoms. The van der Waals surface area contributed by atoms with Crippen molar-refractivity contribution in [3.05, 3.63) is 35.8 Å². The van der Waals surface area contributed by atoms with Gasteiger partial charge in [-0.2, -0.15) is 0 Å². The number of halogens is 1. The van der Waals surface area contributed by atoms with Gasteiger partial charge >= 0.3 is 0 Å². The van der Waals surface area contributed by atoms with Crippen LogP contribution in [-0.2, 0) is 6.42 Å². The molecule has 3 rings (SSSR count). The largest absolute Gasteiger partial charge is 0.380 e. The molecule has 0 spiro atoms. The van der Waals surface area contributed by atoms with E-state index in [-0.39, 0.29) is 5.82 Å². The van der Waals surface area contributed by atoms with Crippen LogP contribution in [0.5, 0.6) is 0 Å². The van der Waals surface area contributed by atoms with Crippen LogP contribution >= 0.6 is 0 Å². The van der Waals surface area contributed by atoms with Gasteiger partial charge in [0.1, 0.15) is 11.6 Å². The van der Waals surface area contributed by atoms with E-state index in [0.29, 0.717) is 11.7 Å². The van der Waals surface area contributed by atoms with Crippen molar-refractivity contribution in [1.29, 1.82) is 0 Å². The highest BCUT2D eigenvalue weighted by atomic mass is 19.1. The summed E-state index contributed by atoms with van der Waals surface area (Å²) < 4.78 is 18.1. The van der Waals surface area contributed by atoms with E-state index < -0.39 is 0 Å². The zero-order valence-corrected chi connectivity index (χ0v) is 9.32. The Morgan fingerprint density at radius 1 is 1.29 bits per heavy atom. The van der Waals surface area contributed by atoms with Crippen LogP contribution in [0.3, 0.4) is 0 Å². The molecule has 0 atom stereocenters. The summed E-state index contributed by atoms with van der Waals surface area (Å²) in [6.07, 6.45) is 3.35. The summed E-state index contributed by atoms with van der Waals surface area (Å²) in [6, 6.07) is 6.24. The van der Waals surface area contributed by atoms with Crippen LogP contribution in [-0.4, -0.2) is 5.16 Å². The average molecular weight is 232 g/mol.